The molecule has 0 fully saturated rings. The standard InChI is InChI=1S/C22H23N3OS2/c1-3-25-11-10-16-4-7-18(12-21(16)25)24-22(26)17-5-8-20(9-6-17)28-14-19-13-27-15(2)23-19/h4-9,12-13H,3,10-11,14H2,1-2H3,(H,24,26). The van der Waals surface area contributed by atoms with Crippen LogP contribution in [0.15, 0.2) is 52.7 Å². The van der Waals surface area contributed by atoms with Crippen molar-refractivity contribution < 1.29 is 4.79 Å². The van der Waals surface area contributed by atoms with Gasteiger partial charge in [0.1, 0.15) is 0 Å². The van der Waals surface area contributed by atoms with Crippen LogP contribution in [-0.4, -0.2) is 24.0 Å². The van der Waals surface area contributed by atoms with Gasteiger partial charge in [0.25, 0.3) is 5.91 Å². The minimum atomic E-state index is -0.0762. The van der Waals surface area contributed by atoms with Gasteiger partial charge >= 0.3 is 0 Å². The molecule has 1 aliphatic rings. The first-order valence-corrected chi connectivity index (χ1v) is 11.3. The number of anilines is 2. The van der Waals surface area contributed by atoms with Crippen LogP contribution >= 0.6 is 23.1 Å². The van der Waals surface area contributed by atoms with Crippen LogP contribution in [0, 0.1) is 6.92 Å². The molecule has 0 saturated carbocycles. The van der Waals surface area contributed by atoms with Crippen molar-refractivity contribution in [1.82, 2.24) is 4.98 Å². The zero-order valence-electron chi connectivity index (χ0n) is 16.1. The highest BCUT2D eigenvalue weighted by Gasteiger charge is 2.18. The van der Waals surface area contributed by atoms with Crippen molar-refractivity contribution in [3.8, 4) is 0 Å². The van der Waals surface area contributed by atoms with Crippen molar-refractivity contribution in [3.63, 3.8) is 0 Å². The molecule has 1 amide bonds. The summed E-state index contributed by atoms with van der Waals surface area (Å²) >= 11 is 3.41. The summed E-state index contributed by atoms with van der Waals surface area (Å²) < 4.78 is 0. The number of rotatable bonds is 6. The van der Waals surface area contributed by atoms with Gasteiger partial charge in [0.15, 0.2) is 0 Å². The van der Waals surface area contributed by atoms with Crippen LogP contribution in [0.4, 0.5) is 11.4 Å². The summed E-state index contributed by atoms with van der Waals surface area (Å²) in [6.45, 7) is 6.23. The van der Waals surface area contributed by atoms with Crippen molar-refractivity contribution in [3.05, 3.63) is 69.7 Å². The number of hydrogen-bond acceptors (Lipinski definition) is 5. The van der Waals surface area contributed by atoms with Crippen LogP contribution < -0.4 is 10.2 Å². The first-order chi connectivity index (χ1) is 13.6. The summed E-state index contributed by atoms with van der Waals surface area (Å²) in [5.41, 5.74) is 5.22. The highest BCUT2D eigenvalue weighted by atomic mass is 32.2. The van der Waals surface area contributed by atoms with Crippen molar-refractivity contribution >= 4 is 40.4 Å². The van der Waals surface area contributed by atoms with E-state index in [1.165, 1.54) is 11.3 Å². The lowest BCUT2D eigenvalue weighted by Crippen LogP contribution is -2.19. The number of carbonyl (C=O) groups excluding carboxylic acids is 1. The number of likely N-dealkylation sites (N-methyl/N-ethyl adjacent to an activating group) is 1. The lowest BCUT2D eigenvalue weighted by atomic mass is 10.1. The van der Waals surface area contributed by atoms with Crippen LogP contribution in [0.3, 0.4) is 0 Å². The third kappa shape index (κ3) is 4.23. The zero-order chi connectivity index (χ0) is 19.5. The third-order valence-electron chi connectivity index (χ3n) is 4.89. The van der Waals surface area contributed by atoms with Gasteiger partial charge in [0, 0.05) is 46.1 Å². The summed E-state index contributed by atoms with van der Waals surface area (Å²) in [5, 5.41) is 6.22. The molecular formula is C22H23N3OS2. The van der Waals surface area contributed by atoms with E-state index in [1.807, 2.05) is 37.3 Å². The minimum Gasteiger partial charge on any atom is -0.371 e. The fourth-order valence-electron chi connectivity index (χ4n) is 3.39. The van der Waals surface area contributed by atoms with E-state index in [0.29, 0.717) is 5.56 Å². The second-order valence-corrected chi connectivity index (χ2v) is 8.91. The molecule has 0 radical (unpaired) electrons. The Bertz CT molecular complexity index is 982. The van der Waals surface area contributed by atoms with E-state index in [2.05, 4.69) is 39.6 Å². The van der Waals surface area contributed by atoms with Gasteiger partial charge < -0.3 is 10.2 Å². The van der Waals surface area contributed by atoms with E-state index in [9.17, 15) is 4.79 Å². The van der Waals surface area contributed by atoms with Gasteiger partial charge in [0.05, 0.1) is 10.7 Å². The largest absolute Gasteiger partial charge is 0.371 e. The Kier molecular flexibility index (Phi) is 5.69. The number of aryl methyl sites for hydroxylation is 1. The molecule has 6 heteroatoms. The van der Waals surface area contributed by atoms with E-state index in [1.54, 1.807) is 23.1 Å². The summed E-state index contributed by atoms with van der Waals surface area (Å²) in [5.74, 6) is 0.770. The van der Waals surface area contributed by atoms with Gasteiger partial charge in [0.2, 0.25) is 0 Å². The molecule has 0 atom stereocenters. The Balaban J connectivity index is 1.38. The van der Waals surface area contributed by atoms with E-state index in [4.69, 9.17) is 0 Å². The number of hydrogen-bond donors (Lipinski definition) is 1. The summed E-state index contributed by atoms with van der Waals surface area (Å²) in [7, 11) is 0. The number of thioether (sulfide) groups is 1. The van der Waals surface area contributed by atoms with Gasteiger partial charge in [-0.05, 0) is 62.2 Å². The number of benzene rings is 2. The molecule has 2 heterocycles. The lowest BCUT2D eigenvalue weighted by Gasteiger charge is -2.17. The Morgan fingerprint density at radius 2 is 2.07 bits per heavy atom. The van der Waals surface area contributed by atoms with E-state index >= 15 is 0 Å². The second kappa shape index (κ2) is 8.37. The fourth-order valence-corrected chi connectivity index (χ4v) is 4.90. The van der Waals surface area contributed by atoms with Crippen LogP contribution in [0.1, 0.15) is 33.5 Å². The van der Waals surface area contributed by atoms with Crippen LogP contribution in [0.5, 0.6) is 0 Å². The Morgan fingerprint density at radius 3 is 2.79 bits per heavy atom. The van der Waals surface area contributed by atoms with Crippen molar-refractivity contribution in [2.24, 2.45) is 0 Å². The van der Waals surface area contributed by atoms with Gasteiger partial charge in [-0.25, -0.2) is 4.98 Å². The topological polar surface area (TPSA) is 45.2 Å². The molecular weight excluding hydrogens is 386 g/mol. The maximum atomic E-state index is 12.6. The SMILES string of the molecule is CCN1CCc2ccc(NC(=O)c3ccc(SCc4csc(C)n4)cc3)cc21. The molecule has 0 saturated heterocycles. The minimum absolute atomic E-state index is 0.0762. The quantitative estimate of drug-likeness (QED) is 0.555. The van der Waals surface area contributed by atoms with Gasteiger partial charge in [-0.1, -0.05) is 6.07 Å². The fraction of sp³-hybridized carbons (Fsp3) is 0.273. The Morgan fingerprint density at radius 1 is 1.25 bits per heavy atom. The average Bonchev–Trinajstić information content (AvgIpc) is 3.32. The van der Waals surface area contributed by atoms with Crippen LogP contribution in [0.2, 0.25) is 0 Å². The Hall–Kier alpha value is -2.31. The first kappa shape index (κ1) is 19.0. The molecule has 28 heavy (non-hydrogen) atoms. The number of nitrogens with zero attached hydrogens (tertiary/aromatic N) is 2. The lowest BCUT2D eigenvalue weighted by molar-refractivity contribution is 0.102. The highest BCUT2D eigenvalue weighted by Crippen LogP contribution is 2.31. The summed E-state index contributed by atoms with van der Waals surface area (Å²) in [4.78, 5) is 20.6. The highest BCUT2D eigenvalue weighted by molar-refractivity contribution is 7.98. The molecule has 0 aliphatic carbocycles. The van der Waals surface area contributed by atoms with Gasteiger partial charge in [-0.15, -0.1) is 23.1 Å². The van der Waals surface area contributed by atoms with Crippen molar-refractivity contribution in [1.29, 1.82) is 0 Å². The van der Waals surface area contributed by atoms with Crippen LogP contribution in [0.25, 0.3) is 0 Å². The molecule has 4 nitrogen and oxygen atoms in total. The maximum Gasteiger partial charge on any atom is 0.255 e. The number of carbonyl (C=O) groups is 1. The molecule has 3 aromatic rings. The summed E-state index contributed by atoms with van der Waals surface area (Å²) in [6.07, 6.45) is 1.08. The molecule has 0 spiro atoms. The number of amides is 1. The van der Waals surface area contributed by atoms with E-state index in [0.717, 1.165) is 46.5 Å². The molecule has 4 rings (SSSR count). The van der Waals surface area contributed by atoms with Crippen molar-refractivity contribution in [2.75, 3.05) is 23.3 Å². The monoisotopic (exact) mass is 409 g/mol. The zero-order valence-corrected chi connectivity index (χ0v) is 17.7. The molecule has 144 valence electrons. The van der Waals surface area contributed by atoms with Gasteiger partial charge in [-0.2, -0.15) is 0 Å². The smallest absolute Gasteiger partial charge is 0.255 e. The third-order valence-corrected chi connectivity index (χ3v) is 6.75. The van der Waals surface area contributed by atoms with E-state index in [-0.39, 0.29) is 5.91 Å². The molecule has 1 aliphatic heterocycles. The summed E-state index contributed by atoms with van der Waals surface area (Å²) in [6, 6.07) is 14.0. The Labute approximate surface area is 174 Å². The number of nitrogens with one attached hydrogen (secondary N) is 1. The average molecular weight is 410 g/mol. The maximum absolute atomic E-state index is 12.6. The number of thiazole rings is 1. The first-order valence-electron chi connectivity index (χ1n) is 9.45. The van der Waals surface area contributed by atoms with Gasteiger partial charge in [-0.3, -0.25) is 4.79 Å². The number of aromatic nitrogens is 1. The molecule has 0 bridgehead atoms. The number of fused-ring (bicyclic) bond motifs is 1. The predicted molar refractivity (Wildman–Crippen MR) is 119 cm³/mol. The van der Waals surface area contributed by atoms with E-state index < -0.39 is 0 Å². The molecule has 0 unspecified atom stereocenters. The molecule has 2 aromatic carbocycles. The molecule has 1 N–H and O–H groups in total. The van der Waals surface area contributed by atoms with Crippen molar-refractivity contribution in [2.45, 2.75) is 30.9 Å². The second-order valence-electron chi connectivity index (χ2n) is 6.80. The van der Waals surface area contributed by atoms with Crippen LogP contribution in [-0.2, 0) is 12.2 Å². The molecule has 1 aromatic heterocycles. The normalized spacial score (nSPS) is 12.9. The predicted octanol–water partition coefficient (Wildman–Crippen LogP) is 5.38.